The van der Waals surface area contributed by atoms with Crippen molar-refractivity contribution < 1.29 is 19.4 Å². The number of fused-ring (bicyclic) bond motifs is 12. The molecule has 1 heterocycles. The second-order valence-corrected chi connectivity index (χ2v) is 12.1. The van der Waals surface area contributed by atoms with E-state index in [-0.39, 0.29) is 28.2 Å². The maximum absolute atomic E-state index is 12.3. The van der Waals surface area contributed by atoms with E-state index in [1.54, 1.807) is 0 Å². The summed E-state index contributed by atoms with van der Waals surface area (Å²) in [5.74, 6) is 4.36. The third-order valence-electron chi connectivity index (χ3n) is 11.6. The molecule has 0 aromatic rings. The molecule has 0 aromatic carbocycles. The van der Waals surface area contributed by atoms with Gasteiger partial charge in [0.05, 0.1) is 5.60 Å². The van der Waals surface area contributed by atoms with Crippen LogP contribution in [-0.2, 0) is 14.3 Å². The van der Waals surface area contributed by atoms with Gasteiger partial charge in [0.2, 0.25) is 0 Å². The molecule has 0 bridgehead atoms. The number of ketones is 1. The van der Waals surface area contributed by atoms with Crippen LogP contribution >= 0.6 is 0 Å². The third kappa shape index (κ3) is 1.55. The minimum atomic E-state index is -0.763. The monoisotopic (exact) mass is 384 g/mol. The fraction of sp³-hybridized carbons (Fsp3) is 0.917. The van der Waals surface area contributed by atoms with Gasteiger partial charge in [0.1, 0.15) is 11.4 Å². The standard InChI is InChI=1S/C24H32O4/c1-21-6-3-12(25)11-23(21,27)16-9-13(16)19-15(21)4-7-22(2)20(19)14-10-17(14)24(22)8-5-18(26)28-24/h13-17,19-20,27H,3-11H2,1-2H3/t13-,14+,15?,16+,17-,19?,20?,21+,22-,23+,24?/m0/s1. The van der Waals surface area contributed by atoms with Crippen LogP contribution in [0.25, 0.3) is 0 Å². The molecule has 7 fully saturated rings. The van der Waals surface area contributed by atoms with E-state index >= 15 is 0 Å². The molecule has 152 valence electrons. The highest BCUT2D eigenvalue weighted by Crippen LogP contribution is 2.83. The molecule has 7 aliphatic rings. The Morgan fingerprint density at radius 1 is 0.929 bits per heavy atom. The zero-order chi connectivity index (χ0) is 19.3. The number of esters is 1. The van der Waals surface area contributed by atoms with E-state index in [1.807, 2.05) is 0 Å². The molecule has 1 N–H and O–H groups in total. The Balaban J connectivity index is 1.32. The molecule has 4 heteroatoms. The smallest absolute Gasteiger partial charge is 0.306 e. The second kappa shape index (κ2) is 4.55. The Hall–Kier alpha value is -0.900. The summed E-state index contributed by atoms with van der Waals surface area (Å²) in [7, 11) is 0. The van der Waals surface area contributed by atoms with Gasteiger partial charge in [-0.3, -0.25) is 9.59 Å². The molecule has 4 nitrogen and oxygen atoms in total. The van der Waals surface area contributed by atoms with Crippen LogP contribution in [0.4, 0.5) is 0 Å². The summed E-state index contributed by atoms with van der Waals surface area (Å²) in [6, 6.07) is 0. The molecule has 0 radical (unpaired) electrons. The van der Waals surface area contributed by atoms with E-state index in [1.165, 1.54) is 6.42 Å². The van der Waals surface area contributed by atoms with Gasteiger partial charge < -0.3 is 9.84 Å². The lowest BCUT2D eigenvalue weighted by Crippen LogP contribution is -2.65. The normalized spacial score (nSPS) is 65.8. The lowest BCUT2D eigenvalue weighted by Gasteiger charge is -2.64. The van der Waals surface area contributed by atoms with E-state index < -0.39 is 5.60 Å². The highest BCUT2D eigenvalue weighted by molar-refractivity contribution is 5.81. The Bertz CT molecular complexity index is 821. The molecule has 11 atom stereocenters. The van der Waals surface area contributed by atoms with Crippen molar-refractivity contribution in [3.63, 3.8) is 0 Å². The van der Waals surface area contributed by atoms with Gasteiger partial charge in [-0.05, 0) is 74.0 Å². The summed E-state index contributed by atoms with van der Waals surface area (Å²) in [6.45, 7) is 4.77. The molecule has 28 heavy (non-hydrogen) atoms. The second-order valence-electron chi connectivity index (χ2n) is 12.1. The summed E-state index contributed by atoms with van der Waals surface area (Å²) in [4.78, 5) is 24.4. The summed E-state index contributed by atoms with van der Waals surface area (Å²) in [6.07, 6.45) is 8.04. The average Bonchev–Trinajstić information content (AvgIpc) is 3.54. The van der Waals surface area contributed by atoms with Crippen LogP contribution in [0.3, 0.4) is 0 Å². The number of carbonyl (C=O) groups excluding carboxylic acids is 2. The molecule has 0 amide bonds. The van der Waals surface area contributed by atoms with Crippen molar-refractivity contribution in [2.24, 2.45) is 52.3 Å². The number of hydrogen-bond acceptors (Lipinski definition) is 4. The highest BCUT2D eigenvalue weighted by atomic mass is 16.6. The first kappa shape index (κ1) is 16.8. The number of Topliss-reactive ketones (excluding diaryl/α,β-unsaturated/α-hetero) is 1. The average molecular weight is 385 g/mol. The van der Waals surface area contributed by atoms with E-state index in [9.17, 15) is 14.7 Å². The quantitative estimate of drug-likeness (QED) is 0.649. The van der Waals surface area contributed by atoms with Gasteiger partial charge in [0, 0.05) is 36.0 Å². The first-order valence-corrected chi connectivity index (χ1v) is 11.7. The minimum absolute atomic E-state index is 0.0229. The lowest BCUT2D eigenvalue weighted by molar-refractivity contribution is -0.223. The van der Waals surface area contributed by atoms with Crippen LogP contribution < -0.4 is 0 Å². The van der Waals surface area contributed by atoms with Gasteiger partial charge in [0.25, 0.3) is 0 Å². The van der Waals surface area contributed by atoms with E-state index in [0.717, 1.165) is 38.0 Å². The zero-order valence-corrected chi connectivity index (χ0v) is 17.1. The Labute approximate surface area is 166 Å². The van der Waals surface area contributed by atoms with E-state index in [4.69, 9.17) is 4.74 Å². The van der Waals surface area contributed by atoms with Crippen molar-refractivity contribution in [3.8, 4) is 0 Å². The molecule has 0 aromatic heterocycles. The van der Waals surface area contributed by atoms with Gasteiger partial charge in [-0.15, -0.1) is 0 Å². The van der Waals surface area contributed by atoms with Gasteiger partial charge in [-0.1, -0.05) is 13.8 Å². The van der Waals surface area contributed by atoms with Crippen molar-refractivity contribution in [2.45, 2.75) is 82.8 Å². The van der Waals surface area contributed by atoms with Gasteiger partial charge in [-0.2, -0.15) is 0 Å². The van der Waals surface area contributed by atoms with Gasteiger partial charge in [-0.25, -0.2) is 0 Å². The largest absolute Gasteiger partial charge is 0.458 e. The molecule has 6 aliphatic carbocycles. The number of aliphatic hydroxyl groups is 1. The number of hydrogen-bond donors (Lipinski definition) is 1. The molecule has 7 rings (SSSR count). The van der Waals surface area contributed by atoms with Crippen LogP contribution in [0.1, 0.15) is 71.6 Å². The molecule has 1 spiro atoms. The van der Waals surface area contributed by atoms with E-state index in [2.05, 4.69) is 13.8 Å². The Morgan fingerprint density at radius 3 is 2.46 bits per heavy atom. The Morgan fingerprint density at radius 2 is 1.71 bits per heavy atom. The first-order valence-electron chi connectivity index (χ1n) is 11.7. The fourth-order valence-electron chi connectivity index (χ4n) is 10.3. The van der Waals surface area contributed by atoms with Crippen LogP contribution in [0.15, 0.2) is 0 Å². The molecule has 6 saturated carbocycles. The summed E-state index contributed by atoms with van der Waals surface area (Å²) >= 11 is 0. The maximum Gasteiger partial charge on any atom is 0.306 e. The maximum atomic E-state index is 12.3. The van der Waals surface area contributed by atoms with Crippen LogP contribution in [0, 0.1) is 52.3 Å². The van der Waals surface area contributed by atoms with E-state index in [0.29, 0.717) is 54.8 Å². The number of carbonyl (C=O) groups is 2. The van der Waals surface area contributed by atoms with Gasteiger partial charge >= 0.3 is 5.97 Å². The van der Waals surface area contributed by atoms with Crippen LogP contribution in [-0.4, -0.2) is 28.1 Å². The molecular weight excluding hydrogens is 352 g/mol. The summed E-state index contributed by atoms with van der Waals surface area (Å²) in [5.41, 5.74) is -0.943. The molecular formula is C24H32O4. The van der Waals surface area contributed by atoms with Crippen LogP contribution in [0.2, 0.25) is 0 Å². The minimum Gasteiger partial charge on any atom is -0.458 e. The fourth-order valence-corrected chi connectivity index (χ4v) is 10.3. The third-order valence-corrected chi connectivity index (χ3v) is 11.6. The SMILES string of the molecule is C[C@]12CCC3C(C1[C@@H]1C[C@@H]1C21CCC(=O)O1)[C@H]1C[C@H]1[C@]1(O)CC(=O)CC[C@]31C. The summed E-state index contributed by atoms with van der Waals surface area (Å²) in [5, 5.41) is 11.8. The van der Waals surface area contributed by atoms with Crippen molar-refractivity contribution in [3.05, 3.63) is 0 Å². The number of ether oxygens (including phenoxy) is 1. The van der Waals surface area contributed by atoms with Crippen LogP contribution in [0.5, 0.6) is 0 Å². The highest BCUT2D eigenvalue weighted by Gasteiger charge is 2.83. The molecule has 1 aliphatic heterocycles. The van der Waals surface area contributed by atoms with Crippen molar-refractivity contribution >= 4 is 11.8 Å². The first-order chi connectivity index (χ1) is 13.3. The number of rotatable bonds is 0. The predicted molar refractivity (Wildman–Crippen MR) is 101 cm³/mol. The van der Waals surface area contributed by atoms with Crippen molar-refractivity contribution in [1.29, 1.82) is 0 Å². The summed E-state index contributed by atoms with van der Waals surface area (Å²) < 4.78 is 6.20. The topological polar surface area (TPSA) is 63.6 Å². The Kier molecular flexibility index (Phi) is 2.74. The van der Waals surface area contributed by atoms with Crippen molar-refractivity contribution in [2.75, 3.05) is 0 Å². The van der Waals surface area contributed by atoms with Gasteiger partial charge in [0.15, 0.2) is 0 Å². The lowest BCUT2D eigenvalue weighted by atomic mass is 9.42. The molecule has 4 unspecified atom stereocenters. The zero-order valence-electron chi connectivity index (χ0n) is 17.1. The predicted octanol–water partition coefficient (Wildman–Crippen LogP) is 3.50. The van der Waals surface area contributed by atoms with Crippen molar-refractivity contribution in [1.82, 2.24) is 0 Å². The molecule has 1 saturated heterocycles.